The van der Waals surface area contributed by atoms with E-state index in [1.807, 2.05) is 6.92 Å². The molecule has 0 atom stereocenters. The lowest BCUT2D eigenvalue weighted by atomic mass is 10.2. The van der Waals surface area contributed by atoms with Gasteiger partial charge in [-0.15, -0.1) is 0 Å². The van der Waals surface area contributed by atoms with Crippen LogP contribution in [0.2, 0.25) is 0 Å². The van der Waals surface area contributed by atoms with Gasteiger partial charge in [0.25, 0.3) is 5.91 Å². The fourth-order valence-electron chi connectivity index (χ4n) is 3.15. The Hall–Kier alpha value is -3.85. The first-order chi connectivity index (χ1) is 17.4. The molecule has 1 N–H and O–H groups in total. The molecule has 0 bridgehead atoms. The van der Waals surface area contributed by atoms with Crippen molar-refractivity contribution in [2.24, 2.45) is 5.10 Å². The molecule has 0 unspecified atom stereocenters. The summed E-state index contributed by atoms with van der Waals surface area (Å²) in [5.74, 6) is 1.14. The van der Waals surface area contributed by atoms with Crippen LogP contribution in [0.25, 0.3) is 0 Å². The minimum absolute atomic E-state index is 0.167. The molecule has 9 heteroatoms. The zero-order valence-electron chi connectivity index (χ0n) is 19.9. The molecule has 3 aromatic rings. The topological polar surface area (TPSA) is 78.4 Å². The predicted octanol–water partition coefficient (Wildman–Crippen LogP) is 5.90. The molecule has 0 aromatic heterocycles. The molecule has 188 valence electrons. The molecule has 0 fully saturated rings. The molecule has 36 heavy (non-hydrogen) atoms. The summed E-state index contributed by atoms with van der Waals surface area (Å²) in [6.07, 6.45) is 3.10. The normalized spacial score (nSPS) is 10.7. The largest absolute Gasteiger partial charge is 0.493 e. The van der Waals surface area contributed by atoms with Gasteiger partial charge in [0.15, 0.2) is 23.0 Å². The lowest BCUT2D eigenvalue weighted by molar-refractivity contribution is 0.0954. The summed E-state index contributed by atoms with van der Waals surface area (Å²) >= 11 is 3.49. The lowest BCUT2D eigenvalue weighted by Crippen LogP contribution is -2.17. The second kappa shape index (κ2) is 13.3. The Balaban J connectivity index is 1.70. The Morgan fingerprint density at radius 1 is 1.08 bits per heavy atom. The molecule has 0 aliphatic carbocycles. The van der Waals surface area contributed by atoms with E-state index in [1.54, 1.807) is 48.5 Å². The molecule has 0 saturated carbocycles. The number of halogens is 2. The molecule has 0 heterocycles. The van der Waals surface area contributed by atoms with Crippen LogP contribution in [0.15, 0.2) is 76.8 Å². The van der Waals surface area contributed by atoms with E-state index >= 15 is 0 Å². The average molecular weight is 557 g/mol. The summed E-state index contributed by atoms with van der Waals surface area (Å²) in [5, 5.41) is 4.05. The maximum atomic E-state index is 13.5. The molecule has 7 nitrogen and oxygen atoms in total. The number of ether oxygens (including phenoxy) is 4. The van der Waals surface area contributed by atoms with Gasteiger partial charge < -0.3 is 18.9 Å². The van der Waals surface area contributed by atoms with Crippen LogP contribution in [0.4, 0.5) is 4.39 Å². The summed E-state index contributed by atoms with van der Waals surface area (Å²) in [6.45, 7) is 6.36. The van der Waals surface area contributed by atoms with E-state index in [4.69, 9.17) is 18.9 Å². The first-order valence-electron chi connectivity index (χ1n) is 11.0. The van der Waals surface area contributed by atoms with Crippen molar-refractivity contribution >= 4 is 28.1 Å². The molecule has 0 spiro atoms. The van der Waals surface area contributed by atoms with Crippen LogP contribution in [0, 0.1) is 5.82 Å². The van der Waals surface area contributed by atoms with Crippen LogP contribution >= 0.6 is 15.9 Å². The molecule has 0 radical (unpaired) electrons. The summed E-state index contributed by atoms with van der Waals surface area (Å²) in [7, 11) is 1.50. The number of hydrogen-bond acceptors (Lipinski definition) is 6. The molecule has 1 amide bonds. The van der Waals surface area contributed by atoms with E-state index in [2.05, 4.69) is 33.0 Å². The fourth-order valence-corrected chi connectivity index (χ4v) is 3.73. The Bertz CT molecular complexity index is 1250. The smallest absolute Gasteiger partial charge is 0.271 e. The van der Waals surface area contributed by atoms with Crippen molar-refractivity contribution in [1.29, 1.82) is 0 Å². The van der Waals surface area contributed by atoms with E-state index in [0.29, 0.717) is 57.4 Å². The van der Waals surface area contributed by atoms with E-state index in [9.17, 15) is 9.18 Å². The Morgan fingerprint density at radius 3 is 2.64 bits per heavy atom. The van der Waals surface area contributed by atoms with Gasteiger partial charge in [0, 0.05) is 5.56 Å². The third-order valence-corrected chi connectivity index (χ3v) is 5.36. The van der Waals surface area contributed by atoms with E-state index in [1.165, 1.54) is 25.5 Å². The van der Waals surface area contributed by atoms with Gasteiger partial charge in [-0.25, -0.2) is 9.82 Å². The molecule has 0 aliphatic heterocycles. The number of rotatable bonds is 12. The van der Waals surface area contributed by atoms with Crippen LogP contribution in [0.5, 0.6) is 23.0 Å². The van der Waals surface area contributed by atoms with Crippen LogP contribution in [-0.4, -0.2) is 32.4 Å². The third-order valence-electron chi connectivity index (χ3n) is 4.77. The second-order valence-corrected chi connectivity index (χ2v) is 8.20. The molecule has 0 aliphatic rings. The second-order valence-electron chi connectivity index (χ2n) is 7.35. The Kier molecular flexibility index (Phi) is 9.88. The molecule has 0 saturated heterocycles. The van der Waals surface area contributed by atoms with E-state index in [0.717, 1.165) is 0 Å². The molecule has 3 rings (SSSR count). The van der Waals surface area contributed by atoms with E-state index < -0.39 is 5.91 Å². The monoisotopic (exact) mass is 556 g/mol. The van der Waals surface area contributed by atoms with Crippen molar-refractivity contribution in [3.63, 3.8) is 0 Å². The summed E-state index contributed by atoms with van der Waals surface area (Å²) in [4.78, 5) is 12.5. The van der Waals surface area contributed by atoms with Crippen molar-refractivity contribution in [1.82, 2.24) is 5.43 Å². The first-order valence-corrected chi connectivity index (χ1v) is 11.8. The predicted molar refractivity (Wildman–Crippen MR) is 140 cm³/mol. The summed E-state index contributed by atoms with van der Waals surface area (Å²) in [5.41, 5.74) is 4.20. The van der Waals surface area contributed by atoms with Crippen LogP contribution in [0.3, 0.4) is 0 Å². The maximum absolute atomic E-state index is 13.5. The summed E-state index contributed by atoms with van der Waals surface area (Å²) < 4.78 is 36.5. The van der Waals surface area contributed by atoms with Gasteiger partial charge in [0.2, 0.25) is 0 Å². The van der Waals surface area contributed by atoms with Gasteiger partial charge in [0.05, 0.1) is 24.4 Å². The molecule has 3 aromatic carbocycles. The highest BCUT2D eigenvalue weighted by Gasteiger charge is 2.13. The van der Waals surface area contributed by atoms with Gasteiger partial charge >= 0.3 is 0 Å². The summed E-state index contributed by atoms with van der Waals surface area (Å²) in [6, 6.07) is 14.5. The SMILES string of the molecule is C=CCOc1ccc(C(=O)N/N=C/c2cc(Br)c(OCc3cccc(F)c3)c(OCC)c2)cc1OC. The fraction of sp³-hybridized carbons (Fsp3) is 0.185. The van der Waals surface area contributed by atoms with Crippen molar-refractivity contribution in [3.8, 4) is 23.0 Å². The zero-order valence-corrected chi connectivity index (χ0v) is 21.5. The van der Waals surface area contributed by atoms with Crippen LogP contribution in [-0.2, 0) is 6.61 Å². The number of benzene rings is 3. The highest BCUT2D eigenvalue weighted by Crippen LogP contribution is 2.37. The first kappa shape index (κ1) is 26.7. The highest BCUT2D eigenvalue weighted by atomic mass is 79.9. The average Bonchev–Trinajstić information content (AvgIpc) is 2.87. The van der Waals surface area contributed by atoms with Gasteiger partial charge in [-0.2, -0.15) is 5.10 Å². The zero-order chi connectivity index (χ0) is 25.9. The third kappa shape index (κ3) is 7.32. The van der Waals surface area contributed by atoms with E-state index in [-0.39, 0.29) is 12.4 Å². The Morgan fingerprint density at radius 2 is 1.92 bits per heavy atom. The minimum Gasteiger partial charge on any atom is -0.493 e. The molecular formula is C27H26BrFN2O5. The lowest BCUT2D eigenvalue weighted by Gasteiger charge is -2.14. The van der Waals surface area contributed by atoms with Gasteiger partial charge in [0.1, 0.15) is 19.0 Å². The minimum atomic E-state index is -0.418. The van der Waals surface area contributed by atoms with Gasteiger partial charge in [-0.1, -0.05) is 24.8 Å². The quantitative estimate of drug-likeness (QED) is 0.170. The number of methoxy groups -OCH3 is 1. The number of hydrogen-bond donors (Lipinski definition) is 1. The van der Waals surface area contributed by atoms with Gasteiger partial charge in [-0.05, 0) is 76.4 Å². The number of carbonyl (C=O) groups is 1. The number of hydrazone groups is 1. The number of carbonyl (C=O) groups excluding carboxylic acids is 1. The van der Waals surface area contributed by atoms with Gasteiger partial charge in [-0.3, -0.25) is 4.79 Å². The maximum Gasteiger partial charge on any atom is 0.271 e. The van der Waals surface area contributed by atoms with Crippen molar-refractivity contribution in [2.75, 3.05) is 20.3 Å². The number of nitrogens with one attached hydrogen (secondary N) is 1. The Labute approximate surface area is 217 Å². The van der Waals surface area contributed by atoms with Crippen LogP contribution < -0.4 is 24.4 Å². The highest BCUT2D eigenvalue weighted by molar-refractivity contribution is 9.10. The number of nitrogens with zero attached hydrogens (tertiary/aromatic N) is 1. The van der Waals surface area contributed by atoms with Crippen molar-refractivity contribution < 1.29 is 28.1 Å². The van der Waals surface area contributed by atoms with Crippen molar-refractivity contribution in [2.45, 2.75) is 13.5 Å². The van der Waals surface area contributed by atoms with Crippen LogP contribution in [0.1, 0.15) is 28.4 Å². The standard InChI is InChI=1S/C27H26BrFN2O5/c1-4-11-35-23-10-9-20(15-24(23)33-3)27(32)31-30-16-19-13-22(28)26(25(14-19)34-5-2)36-17-18-7-6-8-21(29)12-18/h4,6-10,12-16H,1,5,11,17H2,2-3H3,(H,31,32)/b30-16+. The van der Waals surface area contributed by atoms with Crippen molar-refractivity contribution in [3.05, 3.63) is 94.2 Å². The number of amides is 1. The molecular weight excluding hydrogens is 531 g/mol.